The van der Waals surface area contributed by atoms with Gasteiger partial charge in [-0.1, -0.05) is 6.07 Å². The predicted octanol–water partition coefficient (Wildman–Crippen LogP) is 0.0933. The summed E-state index contributed by atoms with van der Waals surface area (Å²) in [6.07, 6.45) is -0.444. The topological polar surface area (TPSA) is 98.2 Å². The summed E-state index contributed by atoms with van der Waals surface area (Å²) in [6.45, 7) is 1.37. The average Bonchev–Trinajstić information content (AvgIpc) is 2.81. The van der Waals surface area contributed by atoms with Crippen molar-refractivity contribution < 1.29 is 15.0 Å². The number of aliphatic hydroxyl groups is 2. The fourth-order valence-corrected chi connectivity index (χ4v) is 1.73. The number of hydrogen-bond donors (Lipinski definition) is 4. The molecule has 0 bridgehead atoms. The van der Waals surface area contributed by atoms with Gasteiger partial charge in [-0.3, -0.25) is 9.89 Å². The molecule has 2 atom stereocenters. The minimum atomic E-state index is -1.05. The Morgan fingerprint density at radius 2 is 2.28 bits per heavy atom. The van der Waals surface area contributed by atoms with Gasteiger partial charge in [-0.25, -0.2) is 0 Å². The van der Waals surface area contributed by atoms with Crippen molar-refractivity contribution in [1.29, 1.82) is 0 Å². The van der Waals surface area contributed by atoms with Gasteiger partial charge in [0.25, 0.3) is 0 Å². The van der Waals surface area contributed by atoms with E-state index in [2.05, 4.69) is 15.5 Å². The summed E-state index contributed by atoms with van der Waals surface area (Å²) in [4.78, 5) is 10.7. The number of aliphatic hydroxyl groups excluding tert-OH is 2. The summed E-state index contributed by atoms with van der Waals surface area (Å²) in [5, 5.41) is 29.7. The number of H-pyrrole nitrogens is 1. The van der Waals surface area contributed by atoms with Gasteiger partial charge in [-0.2, -0.15) is 5.10 Å². The van der Waals surface area contributed by atoms with Crippen LogP contribution in [-0.4, -0.2) is 39.0 Å². The first kappa shape index (κ1) is 12.5. The van der Waals surface area contributed by atoms with Crippen LogP contribution in [-0.2, 0) is 4.79 Å². The van der Waals surface area contributed by atoms with Gasteiger partial charge in [-0.05, 0) is 17.7 Å². The van der Waals surface area contributed by atoms with E-state index in [0.29, 0.717) is 5.56 Å². The first-order chi connectivity index (χ1) is 8.58. The zero-order valence-electron chi connectivity index (χ0n) is 9.92. The Hall–Kier alpha value is -1.92. The lowest BCUT2D eigenvalue weighted by molar-refractivity contribution is -0.119. The van der Waals surface area contributed by atoms with Gasteiger partial charge in [0, 0.05) is 18.9 Å². The largest absolute Gasteiger partial charge is 0.388 e. The Bertz CT molecular complexity index is 552. The van der Waals surface area contributed by atoms with Gasteiger partial charge in [0.2, 0.25) is 5.91 Å². The summed E-state index contributed by atoms with van der Waals surface area (Å²) < 4.78 is 0. The maximum absolute atomic E-state index is 10.7. The van der Waals surface area contributed by atoms with Crippen molar-refractivity contribution in [2.45, 2.75) is 19.1 Å². The fraction of sp³-hybridized carbons (Fsp3) is 0.333. The quantitative estimate of drug-likeness (QED) is 0.617. The molecule has 2 aromatic rings. The number of amides is 1. The standard InChI is InChI=1S/C12H15N3O3/c1-7(16)13-6-11(17)12(18)8-2-3-10-9(4-8)5-14-15-10/h2-5,11-12,17-18H,6H2,1H3,(H,13,16)(H,14,15). The highest BCUT2D eigenvalue weighted by Gasteiger charge is 2.18. The predicted molar refractivity (Wildman–Crippen MR) is 65.7 cm³/mol. The van der Waals surface area contributed by atoms with E-state index in [0.717, 1.165) is 10.9 Å². The lowest BCUT2D eigenvalue weighted by Crippen LogP contribution is -2.34. The molecule has 0 saturated heterocycles. The lowest BCUT2D eigenvalue weighted by Gasteiger charge is -2.18. The first-order valence-electron chi connectivity index (χ1n) is 5.61. The fourth-order valence-electron chi connectivity index (χ4n) is 1.73. The van der Waals surface area contributed by atoms with Gasteiger partial charge in [-0.15, -0.1) is 0 Å². The van der Waals surface area contributed by atoms with Crippen molar-refractivity contribution in [2.24, 2.45) is 0 Å². The second kappa shape index (κ2) is 5.16. The molecule has 4 N–H and O–H groups in total. The second-order valence-corrected chi connectivity index (χ2v) is 4.17. The SMILES string of the molecule is CC(=O)NCC(O)C(O)c1ccc2[nH]ncc2c1. The monoisotopic (exact) mass is 249 g/mol. The molecule has 96 valence electrons. The molecule has 1 heterocycles. The molecule has 0 radical (unpaired) electrons. The minimum Gasteiger partial charge on any atom is -0.388 e. The summed E-state index contributed by atoms with van der Waals surface area (Å²) in [5.74, 6) is -0.244. The highest BCUT2D eigenvalue weighted by atomic mass is 16.3. The molecule has 18 heavy (non-hydrogen) atoms. The van der Waals surface area contributed by atoms with Crippen LogP contribution in [0.1, 0.15) is 18.6 Å². The number of aromatic amines is 1. The maximum Gasteiger partial charge on any atom is 0.216 e. The number of hydrogen-bond acceptors (Lipinski definition) is 4. The van der Waals surface area contributed by atoms with Crippen LogP contribution in [0.25, 0.3) is 10.9 Å². The van der Waals surface area contributed by atoms with E-state index >= 15 is 0 Å². The molecule has 6 heteroatoms. The summed E-state index contributed by atoms with van der Waals surface area (Å²) in [7, 11) is 0. The number of rotatable bonds is 4. The number of nitrogens with one attached hydrogen (secondary N) is 2. The van der Waals surface area contributed by atoms with E-state index in [1.807, 2.05) is 0 Å². The number of fused-ring (bicyclic) bond motifs is 1. The van der Waals surface area contributed by atoms with Gasteiger partial charge in [0.15, 0.2) is 0 Å². The molecule has 2 unspecified atom stereocenters. The number of benzene rings is 1. The molecule has 0 saturated carbocycles. The van der Waals surface area contributed by atoms with Crippen LogP contribution in [0.5, 0.6) is 0 Å². The molecule has 0 aliphatic carbocycles. The highest BCUT2D eigenvalue weighted by Crippen LogP contribution is 2.21. The average molecular weight is 249 g/mol. The number of aromatic nitrogens is 2. The van der Waals surface area contributed by atoms with Gasteiger partial charge in [0.1, 0.15) is 12.2 Å². The molecule has 0 spiro atoms. The molecule has 1 aromatic carbocycles. The number of carbonyl (C=O) groups is 1. The molecule has 6 nitrogen and oxygen atoms in total. The van der Waals surface area contributed by atoms with Crippen molar-refractivity contribution in [3.8, 4) is 0 Å². The zero-order valence-corrected chi connectivity index (χ0v) is 9.92. The molecule has 2 rings (SSSR count). The van der Waals surface area contributed by atoms with Crippen molar-refractivity contribution in [1.82, 2.24) is 15.5 Å². The van der Waals surface area contributed by atoms with E-state index in [9.17, 15) is 15.0 Å². The Balaban J connectivity index is 2.11. The third-order valence-corrected chi connectivity index (χ3v) is 2.73. The Morgan fingerprint density at radius 1 is 1.50 bits per heavy atom. The summed E-state index contributed by atoms with van der Waals surface area (Å²) in [6, 6.07) is 5.24. The first-order valence-corrected chi connectivity index (χ1v) is 5.61. The molecule has 1 aromatic heterocycles. The maximum atomic E-state index is 10.7. The van der Waals surface area contributed by atoms with Crippen LogP contribution in [0.2, 0.25) is 0 Å². The summed E-state index contributed by atoms with van der Waals surface area (Å²) in [5.41, 5.74) is 1.45. The molecule has 0 aliphatic heterocycles. The van der Waals surface area contributed by atoms with Crippen molar-refractivity contribution >= 4 is 16.8 Å². The van der Waals surface area contributed by atoms with Crippen LogP contribution < -0.4 is 5.32 Å². The minimum absolute atomic E-state index is 0.0138. The normalized spacial score (nSPS) is 14.4. The van der Waals surface area contributed by atoms with Crippen molar-refractivity contribution in [3.63, 3.8) is 0 Å². The van der Waals surface area contributed by atoms with Crippen molar-refractivity contribution in [3.05, 3.63) is 30.0 Å². The van der Waals surface area contributed by atoms with E-state index in [1.165, 1.54) is 6.92 Å². The van der Waals surface area contributed by atoms with E-state index in [-0.39, 0.29) is 12.5 Å². The zero-order chi connectivity index (χ0) is 13.1. The third kappa shape index (κ3) is 2.66. The highest BCUT2D eigenvalue weighted by molar-refractivity contribution is 5.78. The Labute approximate surface area is 104 Å². The number of nitrogens with zero attached hydrogens (tertiary/aromatic N) is 1. The molecule has 0 fully saturated rings. The van der Waals surface area contributed by atoms with Crippen LogP contribution in [0.4, 0.5) is 0 Å². The van der Waals surface area contributed by atoms with Crippen LogP contribution in [0.3, 0.4) is 0 Å². The Morgan fingerprint density at radius 3 is 3.00 bits per heavy atom. The van der Waals surface area contributed by atoms with Gasteiger partial charge >= 0.3 is 0 Å². The van der Waals surface area contributed by atoms with E-state index < -0.39 is 12.2 Å². The molecular weight excluding hydrogens is 234 g/mol. The van der Waals surface area contributed by atoms with Gasteiger partial charge in [0.05, 0.1) is 11.7 Å². The Kier molecular flexibility index (Phi) is 3.59. The molecular formula is C12H15N3O3. The smallest absolute Gasteiger partial charge is 0.216 e. The molecule has 0 aliphatic rings. The van der Waals surface area contributed by atoms with Crippen LogP contribution >= 0.6 is 0 Å². The van der Waals surface area contributed by atoms with Crippen molar-refractivity contribution in [2.75, 3.05) is 6.54 Å². The number of carbonyl (C=O) groups excluding carboxylic acids is 1. The lowest BCUT2D eigenvalue weighted by atomic mass is 10.0. The van der Waals surface area contributed by atoms with Gasteiger partial charge < -0.3 is 15.5 Å². The van der Waals surface area contributed by atoms with Crippen LogP contribution in [0.15, 0.2) is 24.4 Å². The molecule has 1 amide bonds. The second-order valence-electron chi connectivity index (χ2n) is 4.17. The van der Waals surface area contributed by atoms with E-state index in [4.69, 9.17) is 0 Å². The summed E-state index contributed by atoms with van der Waals surface area (Å²) >= 11 is 0. The van der Waals surface area contributed by atoms with E-state index in [1.54, 1.807) is 24.4 Å². The van der Waals surface area contributed by atoms with Crippen LogP contribution in [0, 0.1) is 0 Å². The third-order valence-electron chi connectivity index (χ3n) is 2.73.